The van der Waals surface area contributed by atoms with Gasteiger partial charge in [-0.05, 0) is 12.8 Å². The fourth-order valence-electron chi connectivity index (χ4n) is 2.72. The number of rotatable bonds is 10. The predicted molar refractivity (Wildman–Crippen MR) is 95.8 cm³/mol. The molecule has 0 bridgehead atoms. The molecule has 2 N–H and O–H groups in total. The Morgan fingerprint density at radius 1 is 1.00 bits per heavy atom. The third-order valence-corrected chi connectivity index (χ3v) is 4.22. The Kier molecular flexibility index (Phi) is 7.08. The highest BCUT2D eigenvalue weighted by atomic mass is 16.5. The molecule has 2 unspecified atom stereocenters. The molecule has 0 spiro atoms. The van der Waals surface area contributed by atoms with Crippen molar-refractivity contribution in [2.45, 2.75) is 12.8 Å². The van der Waals surface area contributed by atoms with Gasteiger partial charge in [-0.3, -0.25) is 9.59 Å². The maximum Gasteiger partial charge on any atom is 0.228 e. The molecule has 1 saturated carbocycles. The molecule has 26 heavy (non-hydrogen) atoms. The second-order valence-corrected chi connectivity index (χ2v) is 5.99. The number of anilines is 1. The van der Waals surface area contributed by atoms with Crippen LogP contribution in [0.25, 0.3) is 0 Å². The predicted octanol–water partition coefficient (Wildman–Crippen LogP) is 1.44. The first-order chi connectivity index (χ1) is 12.5. The van der Waals surface area contributed by atoms with E-state index in [9.17, 15) is 9.59 Å². The topological polar surface area (TPSA) is 95.1 Å². The van der Waals surface area contributed by atoms with Crippen LogP contribution in [-0.4, -0.2) is 53.4 Å². The van der Waals surface area contributed by atoms with Gasteiger partial charge in [-0.15, -0.1) is 0 Å². The van der Waals surface area contributed by atoms with Crippen LogP contribution in [-0.2, 0) is 14.3 Å². The molecule has 2 rings (SSSR count). The van der Waals surface area contributed by atoms with Crippen LogP contribution in [0.1, 0.15) is 12.8 Å². The van der Waals surface area contributed by atoms with E-state index in [2.05, 4.69) is 10.6 Å². The van der Waals surface area contributed by atoms with Gasteiger partial charge in [-0.1, -0.05) is 0 Å². The minimum atomic E-state index is -0.323. The smallest absolute Gasteiger partial charge is 0.228 e. The van der Waals surface area contributed by atoms with E-state index in [1.807, 2.05) is 0 Å². The molecule has 1 aliphatic carbocycles. The lowest BCUT2D eigenvalue weighted by molar-refractivity contribution is -0.125. The standard InChI is InChI=1S/C18H26N2O6/c1-23-7-5-6-19-17(21)12-10-13(12)18(22)20-11-8-14(24-2)16(26-4)15(9-11)25-3/h8-9,12-13H,5-7,10H2,1-4H3,(H,19,21)(H,20,22). The Morgan fingerprint density at radius 3 is 2.15 bits per heavy atom. The fourth-order valence-corrected chi connectivity index (χ4v) is 2.72. The molecule has 1 aliphatic rings. The molecule has 0 aromatic heterocycles. The first-order valence-corrected chi connectivity index (χ1v) is 8.43. The van der Waals surface area contributed by atoms with Crippen molar-refractivity contribution < 1.29 is 28.5 Å². The van der Waals surface area contributed by atoms with Crippen LogP contribution in [0.3, 0.4) is 0 Å². The molecule has 0 saturated heterocycles. The van der Waals surface area contributed by atoms with E-state index in [0.717, 1.165) is 6.42 Å². The third kappa shape index (κ3) is 4.78. The number of amides is 2. The number of nitrogens with one attached hydrogen (secondary N) is 2. The molecular formula is C18H26N2O6. The van der Waals surface area contributed by atoms with Gasteiger partial charge in [0, 0.05) is 38.1 Å². The van der Waals surface area contributed by atoms with E-state index in [4.69, 9.17) is 18.9 Å². The SMILES string of the molecule is COCCCNC(=O)C1CC1C(=O)Nc1cc(OC)c(OC)c(OC)c1. The molecule has 144 valence electrons. The van der Waals surface area contributed by atoms with Crippen molar-refractivity contribution >= 4 is 17.5 Å². The molecule has 1 aromatic carbocycles. The fraction of sp³-hybridized carbons (Fsp3) is 0.556. The summed E-state index contributed by atoms with van der Waals surface area (Å²) in [5.74, 6) is 0.460. The number of benzene rings is 1. The monoisotopic (exact) mass is 366 g/mol. The summed E-state index contributed by atoms with van der Waals surface area (Å²) in [7, 11) is 6.15. The van der Waals surface area contributed by atoms with E-state index in [1.165, 1.54) is 21.3 Å². The molecule has 1 aromatic rings. The zero-order valence-corrected chi connectivity index (χ0v) is 15.6. The Bertz CT molecular complexity index is 624. The molecule has 0 heterocycles. The third-order valence-electron chi connectivity index (χ3n) is 4.22. The number of ether oxygens (including phenoxy) is 4. The van der Waals surface area contributed by atoms with Crippen molar-refractivity contribution in [3.8, 4) is 17.2 Å². The van der Waals surface area contributed by atoms with Crippen LogP contribution in [0.5, 0.6) is 17.2 Å². The molecule has 2 atom stereocenters. The van der Waals surface area contributed by atoms with Gasteiger partial charge in [-0.25, -0.2) is 0 Å². The zero-order chi connectivity index (χ0) is 19.1. The second kappa shape index (κ2) is 9.28. The van der Waals surface area contributed by atoms with Crippen LogP contribution < -0.4 is 24.8 Å². The minimum absolute atomic E-state index is 0.0915. The van der Waals surface area contributed by atoms with Crippen LogP contribution in [0.2, 0.25) is 0 Å². The van der Waals surface area contributed by atoms with Crippen LogP contribution in [0.4, 0.5) is 5.69 Å². The van der Waals surface area contributed by atoms with Crippen LogP contribution in [0, 0.1) is 11.8 Å². The minimum Gasteiger partial charge on any atom is -0.493 e. The van der Waals surface area contributed by atoms with Crippen molar-refractivity contribution in [2.75, 3.05) is 46.9 Å². The summed E-state index contributed by atoms with van der Waals surface area (Å²) in [5, 5.41) is 5.64. The number of carbonyl (C=O) groups is 2. The van der Waals surface area contributed by atoms with E-state index >= 15 is 0 Å². The largest absolute Gasteiger partial charge is 0.493 e. The Hall–Kier alpha value is -2.48. The van der Waals surface area contributed by atoms with E-state index in [-0.39, 0.29) is 23.7 Å². The maximum atomic E-state index is 12.4. The van der Waals surface area contributed by atoms with Gasteiger partial charge < -0.3 is 29.6 Å². The van der Waals surface area contributed by atoms with Gasteiger partial charge in [-0.2, -0.15) is 0 Å². The second-order valence-electron chi connectivity index (χ2n) is 5.99. The van der Waals surface area contributed by atoms with Gasteiger partial charge >= 0.3 is 0 Å². The van der Waals surface area contributed by atoms with Gasteiger partial charge in [0.25, 0.3) is 0 Å². The average molecular weight is 366 g/mol. The summed E-state index contributed by atoms with van der Waals surface area (Å²) in [4.78, 5) is 24.4. The molecule has 8 heteroatoms. The molecular weight excluding hydrogens is 340 g/mol. The highest BCUT2D eigenvalue weighted by Gasteiger charge is 2.47. The highest BCUT2D eigenvalue weighted by Crippen LogP contribution is 2.42. The summed E-state index contributed by atoms with van der Waals surface area (Å²) >= 11 is 0. The number of methoxy groups -OCH3 is 4. The first-order valence-electron chi connectivity index (χ1n) is 8.43. The number of hydrogen-bond donors (Lipinski definition) is 2. The zero-order valence-electron chi connectivity index (χ0n) is 15.6. The summed E-state index contributed by atoms with van der Waals surface area (Å²) in [5.41, 5.74) is 0.524. The van der Waals surface area contributed by atoms with Crippen molar-refractivity contribution in [3.63, 3.8) is 0 Å². The summed E-state index contributed by atoms with van der Waals surface area (Å²) in [6.45, 7) is 1.14. The normalized spacial score (nSPS) is 18.0. The van der Waals surface area contributed by atoms with Gasteiger partial charge in [0.05, 0.1) is 33.2 Å². The van der Waals surface area contributed by atoms with Crippen LogP contribution in [0.15, 0.2) is 12.1 Å². The van der Waals surface area contributed by atoms with Gasteiger partial charge in [0.1, 0.15) is 0 Å². The van der Waals surface area contributed by atoms with Gasteiger partial charge in [0.2, 0.25) is 17.6 Å². The van der Waals surface area contributed by atoms with E-state index < -0.39 is 0 Å². The molecule has 0 radical (unpaired) electrons. The Morgan fingerprint density at radius 2 is 1.62 bits per heavy atom. The van der Waals surface area contributed by atoms with Crippen molar-refractivity contribution in [1.82, 2.24) is 5.32 Å². The number of carbonyl (C=O) groups excluding carboxylic acids is 2. The molecule has 0 aliphatic heterocycles. The molecule has 2 amide bonds. The summed E-state index contributed by atoms with van der Waals surface area (Å²) in [6, 6.07) is 3.31. The van der Waals surface area contributed by atoms with Gasteiger partial charge in [0.15, 0.2) is 11.5 Å². The van der Waals surface area contributed by atoms with E-state index in [0.29, 0.717) is 42.5 Å². The average Bonchev–Trinajstić information content (AvgIpc) is 3.45. The quantitative estimate of drug-likeness (QED) is 0.609. The lowest BCUT2D eigenvalue weighted by atomic mass is 10.2. The van der Waals surface area contributed by atoms with E-state index in [1.54, 1.807) is 19.2 Å². The van der Waals surface area contributed by atoms with Crippen molar-refractivity contribution in [2.24, 2.45) is 11.8 Å². The van der Waals surface area contributed by atoms with Crippen molar-refractivity contribution in [3.05, 3.63) is 12.1 Å². The summed E-state index contributed by atoms with van der Waals surface area (Å²) in [6.07, 6.45) is 1.30. The maximum absolute atomic E-state index is 12.4. The Balaban J connectivity index is 1.93. The summed E-state index contributed by atoms with van der Waals surface area (Å²) < 4.78 is 20.7. The van der Waals surface area contributed by atoms with Crippen molar-refractivity contribution in [1.29, 1.82) is 0 Å². The molecule has 1 fully saturated rings. The van der Waals surface area contributed by atoms with Crippen LogP contribution >= 0.6 is 0 Å². The molecule has 8 nitrogen and oxygen atoms in total. The Labute approximate surface area is 153 Å². The lowest BCUT2D eigenvalue weighted by Gasteiger charge is -2.14. The number of hydrogen-bond acceptors (Lipinski definition) is 6. The lowest BCUT2D eigenvalue weighted by Crippen LogP contribution is -2.28. The first kappa shape index (κ1) is 19.8. The highest BCUT2D eigenvalue weighted by molar-refractivity contribution is 5.99.